The van der Waals surface area contributed by atoms with E-state index in [4.69, 9.17) is 0 Å². The van der Waals surface area contributed by atoms with Crippen LogP contribution in [0.25, 0.3) is 0 Å². The smallest absolute Gasteiger partial charge is 0.129 e. The fourth-order valence-corrected chi connectivity index (χ4v) is 2.29. The molecule has 0 atom stereocenters. The molecule has 1 heterocycles. The number of halogens is 2. The van der Waals surface area contributed by atoms with Crippen LogP contribution in [0.1, 0.15) is 24.0 Å². The van der Waals surface area contributed by atoms with Gasteiger partial charge >= 0.3 is 0 Å². The maximum atomic E-state index is 13.7. The summed E-state index contributed by atoms with van der Waals surface area (Å²) >= 11 is 3.26. The van der Waals surface area contributed by atoms with E-state index in [9.17, 15) is 4.39 Å². The molecule has 1 aliphatic carbocycles. The summed E-state index contributed by atoms with van der Waals surface area (Å²) in [4.78, 5) is 0. The largest absolute Gasteiger partial charge is 0.310 e. The van der Waals surface area contributed by atoms with E-state index in [-0.39, 0.29) is 5.82 Å². The maximum absolute atomic E-state index is 13.7. The number of hydrogen-bond donors (Lipinski definition) is 1. The molecule has 3 nitrogen and oxygen atoms in total. The molecule has 1 aliphatic rings. The van der Waals surface area contributed by atoms with Crippen molar-refractivity contribution in [1.29, 1.82) is 0 Å². The molecule has 100 valence electrons. The minimum atomic E-state index is -0.206. The molecule has 1 fully saturated rings. The molecule has 0 saturated heterocycles. The first kappa shape index (κ1) is 12.8. The molecule has 0 unspecified atom stereocenters. The van der Waals surface area contributed by atoms with Crippen LogP contribution in [0.5, 0.6) is 0 Å². The van der Waals surface area contributed by atoms with Gasteiger partial charge in [0, 0.05) is 34.4 Å². The Kier molecular flexibility index (Phi) is 3.66. The number of nitrogens with zero attached hydrogens (tertiary/aromatic N) is 2. The Morgan fingerprint density at radius 2 is 2.26 bits per heavy atom. The summed E-state index contributed by atoms with van der Waals surface area (Å²) < 4.78 is 16.2. The zero-order chi connectivity index (χ0) is 13.2. The molecule has 0 amide bonds. The van der Waals surface area contributed by atoms with Crippen LogP contribution in [0.4, 0.5) is 4.39 Å². The Balaban J connectivity index is 1.65. The van der Waals surface area contributed by atoms with Crippen LogP contribution < -0.4 is 5.32 Å². The van der Waals surface area contributed by atoms with Crippen molar-refractivity contribution in [3.05, 3.63) is 52.0 Å². The summed E-state index contributed by atoms with van der Waals surface area (Å²) in [6.07, 6.45) is 6.36. The van der Waals surface area contributed by atoms with Gasteiger partial charge in [0.15, 0.2) is 0 Å². The van der Waals surface area contributed by atoms with Gasteiger partial charge in [-0.25, -0.2) is 4.39 Å². The van der Waals surface area contributed by atoms with Crippen LogP contribution in [0.15, 0.2) is 35.1 Å². The van der Waals surface area contributed by atoms with Crippen LogP contribution in [-0.2, 0) is 13.1 Å². The Bertz CT molecular complexity index is 578. The monoisotopic (exact) mass is 323 g/mol. The third-order valence-corrected chi connectivity index (χ3v) is 3.70. The van der Waals surface area contributed by atoms with Crippen molar-refractivity contribution >= 4 is 15.9 Å². The lowest BCUT2D eigenvalue weighted by Gasteiger charge is -2.04. The molecule has 3 rings (SSSR count). The molecule has 0 aliphatic heterocycles. The topological polar surface area (TPSA) is 29.9 Å². The van der Waals surface area contributed by atoms with Gasteiger partial charge in [0.05, 0.1) is 12.7 Å². The highest BCUT2D eigenvalue weighted by molar-refractivity contribution is 9.10. The highest BCUT2D eigenvalue weighted by atomic mass is 79.9. The Morgan fingerprint density at radius 3 is 3.00 bits per heavy atom. The number of hydrogen-bond acceptors (Lipinski definition) is 2. The second-order valence-corrected chi connectivity index (χ2v) is 5.85. The molecule has 1 saturated carbocycles. The van der Waals surface area contributed by atoms with E-state index < -0.39 is 0 Å². The number of rotatable bonds is 5. The molecule has 0 spiro atoms. The van der Waals surface area contributed by atoms with Crippen molar-refractivity contribution in [3.8, 4) is 0 Å². The highest BCUT2D eigenvalue weighted by Crippen LogP contribution is 2.19. The van der Waals surface area contributed by atoms with Gasteiger partial charge in [0.1, 0.15) is 5.82 Å². The first-order valence-corrected chi connectivity index (χ1v) is 7.18. The fourth-order valence-electron chi connectivity index (χ4n) is 1.96. The summed E-state index contributed by atoms with van der Waals surface area (Å²) in [7, 11) is 0. The van der Waals surface area contributed by atoms with Crippen molar-refractivity contribution < 1.29 is 4.39 Å². The molecule has 1 aromatic heterocycles. The maximum Gasteiger partial charge on any atom is 0.129 e. The molecular weight excluding hydrogens is 309 g/mol. The van der Waals surface area contributed by atoms with Gasteiger partial charge in [0.25, 0.3) is 0 Å². The van der Waals surface area contributed by atoms with E-state index in [1.807, 2.05) is 18.5 Å². The lowest BCUT2D eigenvalue weighted by molar-refractivity contribution is 0.584. The number of nitrogens with one attached hydrogen (secondary N) is 1. The highest BCUT2D eigenvalue weighted by Gasteiger charge is 2.20. The quantitative estimate of drug-likeness (QED) is 0.916. The van der Waals surface area contributed by atoms with Gasteiger partial charge in [-0.1, -0.05) is 22.0 Å². The average Bonchev–Trinajstić information content (AvgIpc) is 3.10. The Morgan fingerprint density at radius 1 is 1.42 bits per heavy atom. The first-order valence-electron chi connectivity index (χ1n) is 6.39. The SMILES string of the molecule is Fc1cc(Br)ccc1Cn1cc(CNC2CC2)cn1. The third-order valence-electron chi connectivity index (χ3n) is 3.21. The third kappa shape index (κ3) is 3.42. The number of aromatic nitrogens is 2. The fraction of sp³-hybridized carbons (Fsp3) is 0.357. The minimum absolute atomic E-state index is 0.206. The lowest BCUT2D eigenvalue weighted by Crippen LogP contribution is -2.14. The normalized spacial score (nSPS) is 14.8. The van der Waals surface area contributed by atoms with Crippen molar-refractivity contribution in [2.75, 3.05) is 0 Å². The van der Waals surface area contributed by atoms with Gasteiger partial charge in [-0.3, -0.25) is 4.68 Å². The van der Waals surface area contributed by atoms with Gasteiger partial charge in [-0.15, -0.1) is 0 Å². The lowest BCUT2D eigenvalue weighted by atomic mass is 10.2. The van der Waals surface area contributed by atoms with Crippen molar-refractivity contribution in [3.63, 3.8) is 0 Å². The predicted octanol–water partition coefficient (Wildman–Crippen LogP) is 3.09. The van der Waals surface area contributed by atoms with Crippen molar-refractivity contribution in [1.82, 2.24) is 15.1 Å². The molecule has 2 aromatic rings. The zero-order valence-electron chi connectivity index (χ0n) is 10.4. The molecule has 1 aromatic carbocycles. The van der Waals surface area contributed by atoms with E-state index in [1.165, 1.54) is 18.9 Å². The summed E-state index contributed by atoms with van der Waals surface area (Å²) in [5, 5.41) is 7.71. The van der Waals surface area contributed by atoms with Crippen molar-refractivity contribution in [2.24, 2.45) is 0 Å². The van der Waals surface area contributed by atoms with E-state index in [0.29, 0.717) is 18.2 Å². The van der Waals surface area contributed by atoms with Gasteiger partial charge in [0.2, 0.25) is 0 Å². The van der Waals surface area contributed by atoms with Crippen LogP contribution >= 0.6 is 15.9 Å². The van der Waals surface area contributed by atoms with Crippen LogP contribution in [0.3, 0.4) is 0 Å². The summed E-state index contributed by atoms with van der Waals surface area (Å²) in [5.41, 5.74) is 1.79. The molecule has 19 heavy (non-hydrogen) atoms. The summed E-state index contributed by atoms with van der Waals surface area (Å²) in [6.45, 7) is 1.30. The van der Waals surface area contributed by atoms with Gasteiger partial charge < -0.3 is 5.32 Å². The Hall–Kier alpha value is -1.20. The van der Waals surface area contributed by atoms with E-state index in [0.717, 1.165) is 16.6 Å². The number of benzene rings is 1. The second-order valence-electron chi connectivity index (χ2n) is 4.94. The molecular formula is C14H15BrFN3. The molecule has 0 bridgehead atoms. The second kappa shape index (κ2) is 5.43. The average molecular weight is 324 g/mol. The van der Waals surface area contributed by atoms with E-state index in [1.54, 1.807) is 10.7 Å². The van der Waals surface area contributed by atoms with Crippen LogP contribution in [0.2, 0.25) is 0 Å². The van der Waals surface area contributed by atoms with Gasteiger partial charge in [-0.2, -0.15) is 5.10 Å². The van der Waals surface area contributed by atoms with Crippen molar-refractivity contribution in [2.45, 2.75) is 32.0 Å². The van der Waals surface area contributed by atoms with Crippen LogP contribution in [-0.4, -0.2) is 15.8 Å². The predicted molar refractivity (Wildman–Crippen MR) is 75.3 cm³/mol. The van der Waals surface area contributed by atoms with E-state index in [2.05, 4.69) is 26.3 Å². The Labute approximate surface area is 119 Å². The van der Waals surface area contributed by atoms with Crippen LogP contribution in [0, 0.1) is 5.82 Å². The molecule has 5 heteroatoms. The molecule has 0 radical (unpaired) electrons. The van der Waals surface area contributed by atoms with Gasteiger partial charge in [-0.05, 0) is 25.0 Å². The standard InChI is InChI=1S/C14H15BrFN3/c15-12-2-1-11(14(16)5-12)9-19-8-10(7-18-19)6-17-13-3-4-13/h1-2,5,7-8,13,17H,3-4,6,9H2. The summed E-state index contributed by atoms with van der Waals surface area (Å²) in [6, 6.07) is 5.79. The molecule has 1 N–H and O–H groups in total. The summed E-state index contributed by atoms with van der Waals surface area (Å²) in [5.74, 6) is -0.206. The first-order chi connectivity index (χ1) is 9.20. The zero-order valence-corrected chi connectivity index (χ0v) is 12.0. The minimum Gasteiger partial charge on any atom is -0.310 e. The van der Waals surface area contributed by atoms with E-state index >= 15 is 0 Å².